The summed E-state index contributed by atoms with van der Waals surface area (Å²) in [5.74, 6) is -0.613. The van der Waals surface area contributed by atoms with Crippen molar-refractivity contribution in [2.75, 3.05) is 11.9 Å². The van der Waals surface area contributed by atoms with Crippen LogP contribution >= 0.6 is 0 Å². The number of aryl methyl sites for hydroxylation is 1. The number of rotatable bonds is 3. The summed E-state index contributed by atoms with van der Waals surface area (Å²) in [5.41, 5.74) is 3.02. The number of fused-ring (bicyclic) bond motifs is 2. The van der Waals surface area contributed by atoms with Crippen molar-refractivity contribution in [2.24, 2.45) is 0 Å². The molecule has 0 fully saturated rings. The van der Waals surface area contributed by atoms with Gasteiger partial charge in [0.25, 0.3) is 5.91 Å². The number of anilines is 1. The SMILES string of the molecule is C=C1c2ccccc2C(=O)N1CC(=O)Nc1ccc2c(C)cc(=O)oc2c1. The molecule has 0 radical (unpaired) electrons. The van der Waals surface area contributed by atoms with Crippen LogP contribution in [0.1, 0.15) is 21.5 Å². The Morgan fingerprint density at radius 3 is 2.59 bits per heavy atom. The molecule has 134 valence electrons. The molecule has 1 aliphatic rings. The highest BCUT2D eigenvalue weighted by Gasteiger charge is 2.31. The number of nitrogens with zero attached hydrogens (tertiary/aromatic N) is 1. The maximum absolute atomic E-state index is 12.5. The first-order chi connectivity index (χ1) is 12.9. The monoisotopic (exact) mass is 360 g/mol. The average Bonchev–Trinajstić information content (AvgIpc) is 2.86. The van der Waals surface area contributed by atoms with Crippen LogP contribution in [0.15, 0.2) is 64.3 Å². The van der Waals surface area contributed by atoms with Gasteiger partial charge in [-0.2, -0.15) is 0 Å². The Kier molecular flexibility index (Phi) is 3.88. The van der Waals surface area contributed by atoms with Gasteiger partial charge >= 0.3 is 5.63 Å². The van der Waals surface area contributed by atoms with Gasteiger partial charge in [-0.15, -0.1) is 0 Å². The first-order valence-corrected chi connectivity index (χ1v) is 8.38. The second kappa shape index (κ2) is 6.25. The van der Waals surface area contributed by atoms with Crippen LogP contribution in [-0.2, 0) is 4.79 Å². The van der Waals surface area contributed by atoms with Crippen LogP contribution < -0.4 is 10.9 Å². The molecule has 2 aromatic carbocycles. The van der Waals surface area contributed by atoms with Crippen LogP contribution in [-0.4, -0.2) is 23.3 Å². The Hall–Kier alpha value is -3.67. The van der Waals surface area contributed by atoms with E-state index >= 15 is 0 Å². The number of nitrogens with one attached hydrogen (secondary N) is 1. The summed E-state index contributed by atoms with van der Waals surface area (Å²) >= 11 is 0. The van der Waals surface area contributed by atoms with Crippen molar-refractivity contribution in [2.45, 2.75) is 6.92 Å². The smallest absolute Gasteiger partial charge is 0.336 e. The highest BCUT2D eigenvalue weighted by molar-refractivity contribution is 6.11. The minimum atomic E-state index is -0.444. The minimum Gasteiger partial charge on any atom is -0.423 e. The molecule has 2 amide bonds. The van der Waals surface area contributed by atoms with Gasteiger partial charge in [0.1, 0.15) is 12.1 Å². The Morgan fingerprint density at radius 2 is 1.85 bits per heavy atom. The number of benzene rings is 2. The largest absolute Gasteiger partial charge is 0.423 e. The van der Waals surface area contributed by atoms with E-state index in [2.05, 4.69) is 11.9 Å². The van der Waals surface area contributed by atoms with Gasteiger partial charge in [0.05, 0.1) is 0 Å². The molecule has 6 nitrogen and oxygen atoms in total. The number of carbonyl (C=O) groups is 2. The van der Waals surface area contributed by atoms with E-state index in [0.717, 1.165) is 16.5 Å². The predicted octanol–water partition coefficient (Wildman–Crippen LogP) is 3.17. The Bertz CT molecular complexity index is 1140. The van der Waals surface area contributed by atoms with Gasteiger partial charge in [-0.05, 0) is 30.7 Å². The maximum Gasteiger partial charge on any atom is 0.336 e. The quantitative estimate of drug-likeness (QED) is 0.728. The first kappa shape index (κ1) is 16.8. The average molecular weight is 360 g/mol. The standard InChI is InChI=1S/C21H16N2O4/c1-12-9-20(25)27-18-10-14(7-8-15(12)18)22-19(24)11-23-13(2)16-5-3-4-6-17(16)21(23)26/h3-10H,2,11H2,1H3,(H,22,24). The molecule has 1 aromatic heterocycles. The lowest BCUT2D eigenvalue weighted by Gasteiger charge is -2.17. The van der Waals surface area contributed by atoms with Crippen molar-refractivity contribution < 1.29 is 14.0 Å². The zero-order valence-corrected chi connectivity index (χ0v) is 14.6. The second-order valence-electron chi connectivity index (χ2n) is 6.39. The highest BCUT2D eigenvalue weighted by atomic mass is 16.4. The van der Waals surface area contributed by atoms with Crippen LogP contribution in [0, 0.1) is 6.92 Å². The topological polar surface area (TPSA) is 79.6 Å². The lowest BCUT2D eigenvalue weighted by molar-refractivity contribution is -0.116. The molecular weight excluding hydrogens is 344 g/mol. The van der Waals surface area contributed by atoms with Crippen molar-refractivity contribution in [1.29, 1.82) is 0 Å². The molecule has 0 atom stereocenters. The number of hydrogen-bond acceptors (Lipinski definition) is 4. The normalized spacial score (nSPS) is 13.1. The van der Waals surface area contributed by atoms with E-state index in [1.165, 1.54) is 11.0 Å². The van der Waals surface area contributed by atoms with Crippen molar-refractivity contribution in [1.82, 2.24) is 4.90 Å². The van der Waals surface area contributed by atoms with Gasteiger partial charge in [0.2, 0.25) is 5.91 Å². The van der Waals surface area contributed by atoms with Crippen LogP contribution in [0.25, 0.3) is 16.7 Å². The predicted molar refractivity (Wildman–Crippen MR) is 102 cm³/mol. The first-order valence-electron chi connectivity index (χ1n) is 8.38. The van der Waals surface area contributed by atoms with Crippen molar-refractivity contribution in [3.63, 3.8) is 0 Å². The fourth-order valence-electron chi connectivity index (χ4n) is 3.25. The summed E-state index contributed by atoms with van der Waals surface area (Å²) in [5, 5.41) is 3.53. The van der Waals surface area contributed by atoms with Gasteiger partial charge in [0, 0.05) is 40.0 Å². The molecule has 0 saturated heterocycles. The van der Waals surface area contributed by atoms with Crippen LogP contribution in [0.5, 0.6) is 0 Å². The van der Waals surface area contributed by atoms with Crippen molar-refractivity contribution in [3.05, 3.63) is 82.2 Å². The molecular formula is C21H16N2O4. The van der Waals surface area contributed by atoms with E-state index in [9.17, 15) is 14.4 Å². The lowest BCUT2D eigenvalue weighted by atomic mass is 10.1. The molecule has 0 saturated carbocycles. The van der Waals surface area contributed by atoms with Crippen LogP contribution in [0.4, 0.5) is 5.69 Å². The molecule has 1 aliphatic heterocycles. The fraction of sp³-hybridized carbons (Fsp3) is 0.0952. The summed E-state index contributed by atoms with van der Waals surface area (Å²) in [6.45, 7) is 5.59. The summed E-state index contributed by atoms with van der Waals surface area (Å²) in [7, 11) is 0. The molecule has 1 N–H and O–H groups in total. The van der Waals surface area contributed by atoms with Gasteiger partial charge in [-0.3, -0.25) is 14.5 Å². The number of amides is 2. The van der Waals surface area contributed by atoms with E-state index in [4.69, 9.17) is 4.42 Å². The van der Waals surface area contributed by atoms with Crippen molar-refractivity contribution in [3.8, 4) is 0 Å². The van der Waals surface area contributed by atoms with Crippen LogP contribution in [0.2, 0.25) is 0 Å². The molecule has 0 aliphatic carbocycles. The molecule has 4 rings (SSSR count). The zero-order chi connectivity index (χ0) is 19.1. The second-order valence-corrected chi connectivity index (χ2v) is 6.39. The maximum atomic E-state index is 12.5. The molecule has 2 heterocycles. The summed E-state index contributed by atoms with van der Waals surface area (Å²) in [6, 6.07) is 13.6. The van der Waals surface area contributed by atoms with Gasteiger partial charge in [-0.1, -0.05) is 24.8 Å². The Balaban J connectivity index is 1.54. The summed E-state index contributed by atoms with van der Waals surface area (Å²) < 4.78 is 5.19. The van der Waals surface area contributed by atoms with E-state index in [1.54, 1.807) is 36.4 Å². The third-order valence-corrected chi connectivity index (χ3v) is 4.58. The Labute approximate surface area is 154 Å². The highest BCUT2D eigenvalue weighted by Crippen LogP contribution is 2.31. The number of hydrogen-bond donors (Lipinski definition) is 1. The lowest BCUT2D eigenvalue weighted by Crippen LogP contribution is -2.32. The number of carbonyl (C=O) groups excluding carboxylic acids is 2. The third-order valence-electron chi connectivity index (χ3n) is 4.58. The van der Waals surface area contributed by atoms with Gasteiger partial charge in [-0.25, -0.2) is 4.79 Å². The van der Waals surface area contributed by atoms with E-state index in [0.29, 0.717) is 22.5 Å². The van der Waals surface area contributed by atoms with E-state index in [1.807, 2.05) is 13.0 Å². The molecule has 0 unspecified atom stereocenters. The summed E-state index contributed by atoms with van der Waals surface area (Å²) in [4.78, 5) is 37.8. The van der Waals surface area contributed by atoms with Gasteiger partial charge < -0.3 is 9.73 Å². The molecule has 27 heavy (non-hydrogen) atoms. The third kappa shape index (κ3) is 2.91. The fourth-order valence-corrected chi connectivity index (χ4v) is 3.25. The summed E-state index contributed by atoms with van der Waals surface area (Å²) in [6.07, 6.45) is 0. The zero-order valence-electron chi connectivity index (χ0n) is 14.6. The molecule has 0 spiro atoms. The minimum absolute atomic E-state index is 0.151. The van der Waals surface area contributed by atoms with Gasteiger partial charge in [0.15, 0.2) is 0 Å². The van der Waals surface area contributed by atoms with Crippen molar-refractivity contribution >= 4 is 34.2 Å². The van der Waals surface area contributed by atoms with E-state index < -0.39 is 5.63 Å². The van der Waals surface area contributed by atoms with E-state index in [-0.39, 0.29) is 18.4 Å². The Morgan fingerprint density at radius 1 is 1.11 bits per heavy atom. The molecule has 6 heteroatoms. The van der Waals surface area contributed by atoms with Crippen LogP contribution in [0.3, 0.4) is 0 Å². The molecule has 3 aromatic rings. The molecule has 0 bridgehead atoms.